The Labute approximate surface area is 209 Å². The third-order valence-electron chi connectivity index (χ3n) is 4.68. The van der Waals surface area contributed by atoms with Crippen LogP contribution >= 0.6 is 0 Å². The van der Waals surface area contributed by atoms with Gasteiger partial charge in [-0.05, 0) is 39.0 Å². The van der Waals surface area contributed by atoms with Gasteiger partial charge in [0.15, 0.2) is 0 Å². The number of hydrogen-bond donors (Lipinski definition) is 1. The van der Waals surface area contributed by atoms with Crippen LogP contribution in [0.4, 0.5) is 0 Å². The van der Waals surface area contributed by atoms with Crippen molar-refractivity contribution in [1.29, 1.82) is 0 Å². The zero-order chi connectivity index (χ0) is 19.5. The molecule has 1 N–H and O–H groups in total. The minimum Gasteiger partial charge on any atom is -0.548 e. The van der Waals surface area contributed by atoms with Gasteiger partial charge in [0.2, 0.25) is 0 Å². The Bertz CT molecular complexity index is 386. The van der Waals surface area contributed by atoms with E-state index < -0.39 is 12.0 Å². The number of allylic oxidation sites excluding steroid dienone is 2. The van der Waals surface area contributed by atoms with E-state index in [9.17, 15) is 14.7 Å². The molecule has 1 unspecified atom stereocenters. The molecule has 0 fully saturated rings. The molecule has 0 rings (SSSR count). The van der Waals surface area contributed by atoms with Crippen molar-refractivity contribution in [1.82, 2.24) is 5.32 Å². The fourth-order valence-corrected chi connectivity index (χ4v) is 2.83. The van der Waals surface area contributed by atoms with Gasteiger partial charge in [-0.25, -0.2) is 0 Å². The van der Waals surface area contributed by atoms with E-state index in [1.807, 2.05) is 0 Å². The number of aliphatic carboxylic acids is 1. The number of carboxylic acids is 1. The quantitative estimate of drug-likeness (QED) is 0.200. The van der Waals surface area contributed by atoms with Crippen molar-refractivity contribution in [3.8, 4) is 0 Å². The molecule has 5 heteroatoms. The number of nitrogens with one attached hydrogen (secondary N) is 1. The number of carbonyl (C=O) groups is 2. The molecule has 152 valence electrons. The maximum Gasteiger partial charge on any atom is 1.00 e. The molecule has 0 aromatic rings. The molecular weight excluding hydrogens is 365 g/mol. The molecule has 0 aromatic heterocycles. The van der Waals surface area contributed by atoms with E-state index in [0.717, 1.165) is 12.8 Å². The maximum absolute atomic E-state index is 11.6. The van der Waals surface area contributed by atoms with Crippen molar-refractivity contribution >= 4 is 11.8 Å². The van der Waals surface area contributed by atoms with Gasteiger partial charge in [-0.2, -0.15) is 0 Å². The number of rotatable bonds is 19. The number of ketones is 1. The summed E-state index contributed by atoms with van der Waals surface area (Å²) in [6.07, 6.45) is 21.3. The van der Waals surface area contributed by atoms with Crippen LogP contribution in [-0.2, 0) is 9.59 Å². The Morgan fingerprint density at radius 2 is 1.33 bits per heavy atom. The fourth-order valence-electron chi connectivity index (χ4n) is 2.83. The molecule has 27 heavy (non-hydrogen) atoms. The Balaban J connectivity index is 0. The van der Waals surface area contributed by atoms with Gasteiger partial charge in [0.25, 0.3) is 0 Å². The standard InChI is InChI=1S/C22H41NO3.K/c1-3-4-5-6-7-8-9-10-11-12-13-14-15-16-17-18-21(24)19-23-20(2)22(25)26;/h10-11,20,23H,3-9,12-19H2,1-2H3,(H,25,26);/q;+1/p-1/b11-10-;. The van der Waals surface area contributed by atoms with Crippen LogP contribution in [-0.4, -0.2) is 24.3 Å². The summed E-state index contributed by atoms with van der Waals surface area (Å²) in [5.74, 6) is -1.09. The number of unbranched alkanes of at least 4 members (excludes halogenated alkanes) is 11. The van der Waals surface area contributed by atoms with E-state index in [-0.39, 0.29) is 63.7 Å². The molecule has 0 bridgehead atoms. The van der Waals surface area contributed by atoms with Gasteiger partial charge < -0.3 is 15.2 Å². The number of Topliss-reactive ketones (excluding diaryl/α,β-unsaturated/α-hetero) is 1. The molecule has 0 saturated carbocycles. The predicted molar refractivity (Wildman–Crippen MR) is 107 cm³/mol. The number of carboxylic acid groups (broad SMARTS) is 1. The summed E-state index contributed by atoms with van der Waals surface area (Å²) in [4.78, 5) is 22.1. The van der Waals surface area contributed by atoms with Crippen molar-refractivity contribution < 1.29 is 66.1 Å². The second-order valence-corrected chi connectivity index (χ2v) is 7.29. The largest absolute Gasteiger partial charge is 1.00 e. The SMILES string of the molecule is CCCCCCCC/C=C\CCCCCCCC(=O)CNC(C)C(=O)[O-].[K+]. The maximum atomic E-state index is 11.6. The number of carbonyl (C=O) groups excluding carboxylic acids is 2. The van der Waals surface area contributed by atoms with E-state index in [1.54, 1.807) is 0 Å². The molecule has 0 radical (unpaired) electrons. The third-order valence-corrected chi connectivity index (χ3v) is 4.68. The first kappa shape index (κ1) is 29.7. The summed E-state index contributed by atoms with van der Waals surface area (Å²) in [6, 6.07) is -0.770. The molecule has 0 aliphatic rings. The summed E-state index contributed by atoms with van der Waals surface area (Å²) in [6.45, 7) is 3.87. The average Bonchev–Trinajstić information content (AvgIpc) is 2.62. The van der Waals surface area contributed by atoms with Crippen LogP contribution in [0.2, 0.25) is 0 Å². The van der Waals surface area contributed by atoms with Crippen molar-refractivity contribution in [3.05, 3.63) is 12.2 Å². The topological polar surface area (TPSA) is 69.2 Å². The molecule has 0 amide bonds. The Kier molecular flexibility index (Phi) is 25.0. The zero-order valence-electron chi connectivity index (χ0n) is 18.1. The first-order valence-corrected chi connectivity index (χ1v) is 10.7. The van der Waals surface area contributed by atoms with Crippen LogP contribution < -0.4 is 61.8 Å². The van der Waals surface area contributed by atoms with E-state index >= 15 is 0 Å². The molecule has 0 heterocycles. The van der Waals surface area contributed by atoms with E-state index in [4.69, 9.17) is 0 Å². The fraction of sp³-hybridized carbons (Fsp3) is 0.818. The van der Waals surface area contributed by atoms with E-state index in [1.165, 1.54) is 77.6 Å². The monoisotopic (exact) mass is 405 g/mol. The summed E-state index contributed by atoms with van der Waals surface area (Å²) in [7, 11) is 0. The molecule has 0 saturated heterocycles. The van der Waals surface area contributed by atoms with Crippen LogP contribution in [0.25, 0.3) is 0 Å². The van der Waals surface area contributed by atoms with Gasteiger partial charge >= 0.3 is 51.4 Å². The van der Waals surface area contributed by atoms with Crippen LogP contribution in [0.5, 0.6) is 0 Å². The van der Waals surface area contributed by atoms with Crippen molar-refractivity contribution in [2.45, 2.75) is 110 Å². The third kappa shape index (κ3) is 22.6. The van der Waals surface area contributed by atoms with Gasteiger partial charge in [-0.15, -0.1) is 0 Å². The predicted octanol–water partition coefficient (Wildman–Crippen LogP) is 1.33. The Morgan fingerprint density at radius 3 is 1.85 bits per heavy atom. The van der Waals surface area contributed by atoms with Crippen LogP contribution in [0.3, 0.4) is 0 Å². The molecule has 1 atom stereocenters. The average molecular weight is 406 g/mol. The van der Waals surface area contributed by atoms with E-state index in [2.05, 4.69) is 24.4 Å². The van der Waals surface area contributed by atoms with Crippen LogP contribution in [0.1, 0.15) is 104 Å². The van der Waals surface area contributed by atoms with Gasteiger partial charge in [0, 0.05) is 12.5 Å². The summed E-state index contributed by atoms with van der Waals surface area (Å²) in [5, 5.41) is 13.2. The van der Waals surface area contributed by atoms with Crippen LogP contribution in [0.15, 0.2) is 12.2 Å². The van der Waals surface area contributed by atoms with Gasteiger partial charge in [0.1, 0.15) is 5.78 Å². The molecule has 0 aromatic carbocycles. The first-order valence-electron chi connectivity index (χ1n) is 10.7. The molecule has 0 spiro atoms. The van der Waals surface area contributed by atoms with Crippen molar-refractivity contribution in [3.63, 3.8) is 0 Å². The molecule has 4 nitrogen and oxygen atoms in total. The second-order valence-electron chi connectivity index (χ2n) is 7.29. The zero-order valence-corrected chi connectivity index (χ0v) is 21.2. The van der Waals surface area contributed by atoms with E-state index in [0.29, 0.717) is 6.42 Å². The summed E-state index contributed by atoms with van der Waals surface area (Å²) in [5.41, 5.74) is 0. The number of hydrogen-bond acceptors (Lipinski definition) is 4. The Morgan fingerprint density at radius 1 is 0.852 bits per heavy atom. The Hall–Kier alpha value is 0.476. The normalized spacial score (nSPS) is 12.1. The minimum absolute atomic E-state index is 0. The van der Waals surface area contributed by atoms with Gasteiger partial charge in [-0.3, -0.25) is 4.79 Å². The second kappa shape index (κ2) is 22.8. The molecular formula is C22H40KNO3. The van der Waals surface area contributed by atoms with Gasteiger partial charge in [-0.1, -0.05) is 70.4 Å². The van der Waals surface area contributed by atoms with Crippen molar-refractivity contribution in [2.75, 3.05) is 6.54 Å². The molecule has 0 aliphatic heterocycles. The smallest absolute Gasteiger partial charge is 0.548 e. The van der Waals surface area contributed by atoms with Crippen LogP contribution in [0, 0.1) is 0 Å². The minimum atomic E-state index is -1.17. The first-order chi connectivity index (χ1) is 12.6. The van der Waals surface area contributed by atoms with Gasteiger partial charge in [0.05, 0.1) is 12.5 Å². The molecule has 0 aliphatic carbocycles. The van der Waals surface area contributed by atoms with Crippen molar-refractivity contribution in [2.24, 2.45) is 0 Å². The summed E-state index contributed by atoms with van der Waals surface area (Å²) < 4.78 is 0. The summed E-state index contributed by atoms with van der Waals surface area (Å²) >= 11 is 0.